The van der Waals surface area contributed by atoms with Gasteiger partial charge in [0.1, 0.15) is 0 Å². The highest BCUT2D eigenvalue weighted by Gasteiger charge is 2.80. The van der Waals surface area contributed by atoms with Crippen molar-refractivity contribution in [3.8, 4) is 0 Å². The van der Waals surface area contributed by atoms with Crippen molar-refractivity contribution >= 4 is 17.7 Å². The normalized spacial score (nSPS) is 40.9. The Morgan fingerprint density at radius 1 is 1.13 bits per heavy atom. The summed E-state index contributed by atoms with van der Waals surface area (Å²) in [7, 11) is 0. The van der Waals surface area contributed by atoms with Crippen LogP contribution in [0.5, 0.6) is 0 Å². The number of carbonyl (C=O) groups is 3. The zero-order valence-corrected chi connectivity index (χ0v) is 25.6. The molecular formula is C31H36F2N2O10. The van der Waals surface area contributed by atoms with E-state index in [-0.39, 0.29) is 24.5 Å². The van der Waals surface area contributed by atoms with Gasteiger partial charge in [0.15, 0.2) is 36.2 Å². The highest BCUT2D eigenvalue weighted by molar-refractivity contribution is 6.01. The number of allylic oxidation sites excluding steroid dienone is 4. The Bertz CT molecular complexity index is 1670. The number of aliphatic hydroxyl groups is 1. The lowest BCUT2D eigenvalue weighted by molar-refractivity contribution is -0.248. The minimum Gasteiger partial charge on any atom is -0.426 e. The van der Waals surface area contributed by atoms with Crippen molar-refractivity contribution in [1.29, 1.82) is 0 Å². The first kappa shape index (κ1) is 31.5. The van der Waals surface area contributed by atoms with Gasteiger partial charge in [-0.1, -0.05) is 25.5 Å². The molecule has 244 valence electrons. The van der Waals surface area contributed by atoms with Crippen LogP contribution >= 0.6 is 0 Å². The number of hydrogen-bond acceptors (Lipinski definition) is 10. The molecule has 1 aromatic rings. The predicted molar refractivity (Wildman–Crippen MR) is 150 cm³/mol. The van der Waals surface area contributed by atoms with Crippen molar-refractivity contribution in [2.75, 3.05) is 6.61 Å². The molecule has 0 bridgehead atoms. The van der Waals surface area contributed by atoms with E-state index >= 15 is 4.39 Å². The molecule has 5 aliphatic rings. The number of fused-ring (bicyclic) bond motifs is 7. The standard InChI is InChI=1S/C31H36F2N2O10/c1-15-8-19-18-10-23-31(45-27(2,3)44-23,22(38)13-42-26(41)43-14-35-12-20(32)24(39)34-25(35)40)29(18,5)11-21(37)30(19,33)28(4)7-6-16(36)9-17(15)28/h6-7,9,12,15,18-19,21,23,37H,8,10-11,13-14H2,1-5H3,(H,34,39,40)/t15-,18?,19?,21-,23+,28?,29?,30-,31+/m0/s1. The van der Waals surface area contributed by atoms with Crippen molar-refractivity contribution < 1.29 is 47.2 Å². The molecule has 1 aliphatic heterocycles. The lowest BCUT2D eigenvalue weighted by Gasteiger charge is -2.63. The van der Waals surface area contributed by atoms with E-state index in [0.717, 1.165) is 0 Å². The van der Waals surface area contributed by atoms with Gasteiger partial charge in [-0.3, -0.25) is 23.9 Å². The summed E-state index contributed by atoms with van der Waals surface area (Å²) < 4.78 is 54.4. The molecule has 45 heavy (non-hydrogen) atoms. The molecule has 4 fully saturated rings. The molecular weight excluding hydrogens is 598 g/mol. The largest absolute Gasteiger partial charge is 0.510 e. The second-order valence-corrected chi connectivity index (χ2v) is 13.8. The topological polar surface area (TPSA) is 163 Å². The Morgan fingerprint density at radius 2 is 1.84 bits per heavy atom. The molecule has 1 saturated heterocycles. The Hall–Kier alpha value is -3.49. The fraction of sp³-hybridized carbons (Fsp3) is 0.645. The molecule has 3 saturated carbocycles. The first-order valence-electron chi connectivity index (χ1n) is 14.9. The quantitative estimate of drug-likeness (QED) is 0.460. The molecule has 0 radical (unpaired) electrons. The van der Waals surface area contributed by atoms with Gasteiger partial charge < -0.3 is 24.1 Å². The fourth-order valence-corrected chi connectivity index (χ4v) is 9.17. The van der Waals surface area contributed by atoms with Crippen LogP contribution in [0.3, 0.4) is 0 Å². The van der Waals surface area contributed by atoms with Gasteiger partial charge >= 0.3 is 11.8 Å². The van der Waals surface area contributed by atoms with Crippen LogP contribution < -0.4 is 11.2 Å². The monoisotopic (exact) mass is 634 g/mol. The van der Waals surface area contributed by atoms with Gasteiger partial charge in [-0.15, -0.1) is 0 Å². The summed E-state index contributed by atoms with van der Waals surface area (Å²) in [5, 5.41) is 11.7. The Kier molecular flexibility index (Phi) is 7.00. The van der Waals surface area contributed by atoms with Gasteiger partial charge in [0, 0.05) is 16.7 Å². The molecule has 12 nitrogen and oxygen atoms in total. The number of ketones is 2. The third-order valence-corrected chi connectivity index (χ3v) is 11.0. The number of ether oxygens (including phenoxy) is 4. The summed E-state index contributed by atoms with van der Waals surface area (Å²) in [5.41, 5.74) is -7.90. The number of rotatable bonds is 5. The average molecular weight is 635 g/mol. The van der Waals surface area contributed by atoms with Crippen LogP contribution in [-0.2, 0) is 35.3 Å². The van der Waals surface area contributed by atoms with Crippen molar-refractivity contribution in [2.45, 2.75) is 89.9 Å². The Balaban J connectivity index is 1.27. The molecule has 6 rings (SSSR count). The van der Waals surface area contributed by atoms with Crippen molar-refractivity contribution in [1.82, 2.24) is 9.55 Å². The van der Waals surface area contributed by atoms with E-state index in [1.54, 1.807) is 38.8 Å². The number of H-pyrrole nitrogens is 1. The summed E-state index contributed by atoms with van der Waals surface area (Å²) in [5.74, 6) is -4.81. The molecule has 4 aliphatic carbocycles. The number of carbonyl (C=O) groups excluding carboxylic acids is 3. The molecule has 0 amide bonds. The zero-order valence-electron chi connectivity index (χ0n) is 25.6. The number of halogens is 2. The number of alkyl halides is 1. The van der Waals surface area contributed by atoms with Gasteiger partial charge in [0.05, 0.1) is 18.4 Å². The molecule has 2 heterocycles. The van der Waals surface area contributed by atoms with E-state index in [1.807, 2.05) is 6.92 Å². The van der Waals surface area contributed by atoms with Gasteiger partial charge in [-0.25, -0.2) is 14.0 Å². The van der Waals surface area contributed by atoms with Gasteiger partial charge in [-0.05, 0) is 64.0 Å². The van der Waals surface area contributed by atoms with E-state index in [0.29, 0.717) is 22.8 Å². The van der Waals surface area contributed by atoms with Crippen LogP contribution in [0.25, 0.3) is 0 Å². The van der Waals surface area contributed by atoms with E-state index in [2.05, 4.69) is 0 Å². The predicted octanol–water partition coefficient (Wildman–Crippen LogP) is 2.47. The van der Waals surface area contributed by atoms with Crippen LogP contribution in [0.15, 0.2) is 39.6 Å². The molecule has 9 atom stereocenters. The molecule has 1 aromatic heterocycles. The highest BCUT2D eigenvalue weighted by Crippen LogP contribution is 2.72. The number of aliphatic hydroxyl groups excluding tert-OH is 1. The Morgan fingerprint density at radius 3 is 2.56 bits per heavy atom. The van der Waals surface area contributed by atoms with Crippen LogP contribution in [-0.4, -0.2) is 68.3 Å². The summed E-state index contributed by atoms with van der Waals surface area (Å²) in [6, 6.07) is 0. The molecule has 0 aromatic carbocycles. The maximum absolute atomic E-state index is 17.7. The second-order valence-electron chi connectivity index (χ2n) is 13.8. The molecule has 4 unspecified atom stereocenters. The smallest absolute Gasteiger partial charge is 0.426 e. The average Bonchev–Trinajstić information content (AvgIpc) is 3.37. The van der Waals surface area contributed by atoms with E-state index < -0.39 is 94.3 Å². The van der Waals surface area contributed by atoms with Gasteiger partial charge in [-0.2, -0.15) is 4.39 Å². The fourth-order valence-electron chi connectivity index (χ4n) is 9.17. The number of nitrogens with zero attached hydrogens (tertiary/aromatic N) is 1. The van der Waals surface area contributed by atoms with Crippen molar-refractivity contribution in [2.24, 2.45) is 28.6 Å². The molecule has 14 heteroatoms. The minimum atomic E-state index is -2.15. The Labute approximate surface area is 256 Å². The summed E-state index contributed by atoms with van der Waals surface area (Å²) in [6.07, 6.45) is 1.56. The maximum Gasteiger partial charge on any atom is 0.510 e. The lowest BCUT2D eigenvalue weighted by Crippen LogP contribution is -2.70. The number of aromatic amines is 1. The number of nitrogens with one attached hydrogen (secondary N) is 1. The summed E-state index contributed by atoms with van der Waals surface area (Å²) in [4.78, 5) is 63.6. The van der Waals surface area contributed by atoms with E-state index in [4.69, 9.17) is 18.9 Å². The van der Waals surface area contributed by atoms with Crippen LogP contribution in [0.2, 0.25) is 0 Å². The number of aromatic nitrogens is 2. The molecule has 0 spiro atoms. The minimum absolute atomic E-state index is 0.170. The lowest BCUT2D eigenvalue weighted by atomic mass is 9.43. The highest BCUT2D eigenvalue weighted by atomic mass is 19.1. The van der Waals surface area contributed by atoms with Gasteiger partial charge in [0.25, 0.3) is 5.56 Å². The number of hydrogen-bond donors (Lipinski definition) is 2. The third kappa shape index (κ3) is 4.28. The third-order valence-electron chi connectivity index (χ3n) is 11.0. The molecule has 2 N–H and O–H groups in total. The zero-order chi connectivity index (χ0) is 32.9. The van der Waals surface area contributed by atoms with Crippen LogP contribution in [0.4, 0.5) is 13.6 Å². The first-order valence-corrected chi connectivity index (χ1v) is 14.9. The number of Topliss-reactive ketones (excluding diaryl/α,β-unsaturated/α-hetero) is 1. The van der Waals surface area contributed by atoms with Crippen molar-refractivity contribution in [3.05, 3.63) is 56.7 Å². The summed E-state index contributed by atoms with van der Waals surface area (Å²) >= 11 is 0. The van der Waals surface area contributed by atoms with E-state index in [9.17, 15) is 33.5 Å². The maximum atomic E-state index is 17.7. The summed E-state index contributed by atoms with van der Waals surface area (Å²) in [6.45, 7) is 7.04. The van der Waals surface area contributed by atoms with E-state index in [1.165, 1.54) is 12.2 Å². The van der Waals surface area contributed by atoms with Crippen LogP contribution in [0.1, 0.15) is 53.9 Å². The second kappa shape index (κ2) is 10.0. The SMILES string of the molecule is C[C@H]1CC2C3C[C@H]4OC(C)(C)O[C@@]4(C(=O)COC(=O)OCn4cc(F)c(=O)[nH]c4=O)C3(C)C[C@H](O)[C@]2(F)C2(C)C=CC(=O)C=C12. The van der Waals surface area contributed by atoms with Gasteiger partial charge in [0.2, 0.25) is 11.6 Å². The van der Waals surface area contributed by atoms with Crippen LogP contribution in [0, 0.1) is 34.4 Å². The van der Waals surface area contributed by atoms with Crippen molar-refractivity contribution in [3.63, 3.8) is 0 Å². The first-order chi connectivity index (χ1) is 20.9.